The first-order chi connectivity index (χ1) is 12.7. The zero-order valence-corrected chi connectivity index (χ0v) is 14.1. The third-order valence-electron chi connectivity index (χ3n) is 4.50. The van der Waals surface area contributed by atoms with E-state index in [9.17, 15) is 9.90 Å². The van der Waals surface area contributed by atoms with Crippen LogP contribution in [0.3, 0.4) is 0 Å². The highest BCUT2D eigenvalue weighted by molar-refractivity contribution is 6.13. The van der Waals surface area contributed by atoms with Crippen molar-refractivity contribution < 1.29 is 9.90 Å². The number of amides is 1. The van der Waals surface area contributed by atoms with Crippen LogP contribution in [-0.2, 0) is 11.4 Å². The molecule has 2 N–H and O–H groups in total. The molecule has 0 radical (unpaired) electrons. The number of carbonyl (C=O) groups is 1. The average molecular weight is 342 g/mol. The molecule has 3 aromatic carbocycles. The maximum Gasteiger partial charge on any atom is 0.237 e. The van der Waals surface area contributed by atoms with Crippen LogP contribution in [0.5, 0.6) is 0 Å². The maximum atomic E-state index is 12.4. The number of fused-ring (bicyclic) bond motifs is 1. The van der Waals surface area contributed by atoms with Crippen molar-refractivity contribution in [1.82, 2.24) is 0 Å². The van der Waals surface area contributed by atoms with Gasteiger partial charge in [0.1, 0.15) is 5.92 Å². The fraction of sp³-hybridized carbons (Fsp3) is 0.0909. The van der Waals surface area contributed by atoms with E-state index in [-0.39, 0.29) is 12.5 Å². The van der Waals surface area contributed by atoms with Crippen LogP contribution in [-0.4, -0.2) is 17.2 Å². The highest BCUT2D eigenvalue weighted by Crippen LogP contribution is 2.35. The average Bonchev–Trinajstić information content (AvgIpc) is 3.01. The number of hydrogen-bond donors (Lipinski definition) is 2. The van der Waals surface area contributed by atoms with E-state index in [4.69, 9.17) is 0 Å². The third-order valence-corrected chi connectivity index (χ3v) is 4.50. The Morgan fingerprint density at radius 3 is 2.62 bits per heavy atom. The Morgan fingerprint density at radius 1 is 0.962 bits per heavy atom. The van der Waals surface area contributed by atoms with E-state index in [0.29, 0.717) is 0 Å². The summed E-state index contributed by atoms with van der Waals surface area (Å²) in [5.74, 6) is -0.486. The van der Waals surface area contributed by atoms with Gasteiger partial charge >= 0.3 is 0 Å². The number of rotatable bonds is 4. The van der Waals surface area contributed by atoms with Gasteiger partial charge < -0.3 is 10.4 Å². The largest absolute Gasteiger partial charge is 0.392 e. The van der Waals surface area contributed by atoms with E-state index in [1.54, 1.807) is 6.21 Å². The lowest BCUT2D eigenvalue weighted by Crippen LogP contribution is -2.12. The van der Waals surface area contributed by atoms with Crippen LogP contribution in [0.1, 0.15) is 17.0 Å². The minimum absolute atomic E-state index is 0.0294. The molecule has 128 valence electrons. The van der Waals surface area contributed by atoms with E-state index < -0.39 is 5.92 Å². The quantitative estimate of drug-likeness (QED) is 0.695. The maximum absolute atomic E-state index is 12.4. The smallest absolute Gasteiger partial charge is 0.237 e. The van der Waals surface area contributed by atoms with Crippen molar-refractivity contribution in [2.45, 2.75) is 12.5 Å². The van der Waals surface area contributed by atoms with Crippen LogP contribution >= 0.6 is 0 Å². The van der Waals surface area contributed by atoms with Crippen LogP contribution < -0.4 is 5.32 Å². The standard InChI is InChI=1S/C22H18N2O2/c25-14-15-5-4-8-18(11-15)23-13-20-19-10-9-17(12-21(19)24-22(20)26)16-6-2-1-3-7-16/h1-13,20,25H,14H2,(H,24,26). The Balaban J connectivity index is 1.62. The molecule has 3 aromatic rings. The molecule has 1 aliphatic rings. The monoisotopic (exact) mass is 342 g/mol. The molecule has 0 aliphatic carbocycles. The second kappa shape index (κ2) is 6.94. The molecule has 4 heteroatoms. The van der Waals surface area contributed by atoms with E-state index in [1.165, 1.54) is 0 Å². The number of nitrogens with one attached hydrogen (secondary N) is 1. The van der Waals surface area contributed by atoms with Crippen LogP contribution in [0, 0.1) is 0 Å². The van der Waals surface area contributed by atoms with Gasteiger partial charge in [0.15, 0.2) is 0 Å². The summed E-state index contributed by atoms with van der Waals surface area (Å²) < 4.78 is 0. The lowest BCUT2D eigenvalue weighted by Gasteiger charge is -2.06. The molecule has 1 heterocycles. The summed E-state index contributed by atoms with van der Waals surface area (Å²) in [5.41, 5.74) is 5.45. The molecule has 0 aromatic heterocycles. The lowest BCUT2D eigenvalue weighted by atomic mass is 9.98. The molecule has 0 saturated carbocycles. The number of nitrogens with zero attached hydrogens (tertiary/aromatic N) is 1. The van der Waals surface area contributed by atoms with E-state index in [2.05, 4.69) is 10.3 Å². The highest BCUT2D eigenvalue weighted by atomic mass is 16.3. The van der Waals surface area contributed by atoms with Gasteiger partial charge in [-0.25, -0.2) is 0 Å². The van der Waals surface area contributed by atoms with Gasteiger partial charge in [0, 0.05) is 11.9 Å². The number of aliphatic hydroxyl groups is 1. The van der Waals surface area contributed by atoms with E-state index in [1.807, 2.05) is 72.8 Å². The van der Waals surface area contributed by atoms with Gasteiger partial charge in [-0.05, 0) is 40.5 Å². The van der Waals surface area contributed by atoms with Gasteiger partial charge in [0.05, 0.1) is 12.3 Å². The first kappa shape index (κ1) is 16.2. The zero-order valence-electron chi connectivity index (χ0n) is 14.1. The molecule has 1 unspecified atom stereocenters. The fourth-order valence-electron chi connectivity index (χ4n) is 3.14. The molecule has 1 atom stereocenters. The number of carbonyl (C=O) groups excluding carboxylic acids is 1. The summed E-state index contributed by atoms with van der Waals surface area (Å²) >= 11 is 0. The van der Waals surface area contributed by atoms with Gasteiger partial charge in [0.2, 0.25) is 5.91 Å². The topological polar surface area (TPSA) is 61.7 Å². The molecule has 1 aliphatic heterocycles. The summed E-state index contributed by atoms with van der Waals surface area (Å²) in [4.78, 5) is 16.8. The minimum atomic E-state index is -0.410. The van der Waals surface area contributed by atoms with Crippen molar-refractivity contribution >= 4 is 23.5 Å². The van der Waals surface area contributed by atoms with Crippen LogP contribution in [0.15, 0.2) is 77.8 Å². The molecule has 1 amide bonds. The summed E-state index contributed by atoms with van der Waals surface area (Å²) in [6.45, 7) is -0.0294. The zero-order chi connectivity index (χ0) is 17.9. The Labute approximate surface area is 151 Å². The molecule has 4 nitrogen and oxygen atoms in total. The summed E-state index contributed by atoms with van der Waals surface area (Å²) in [6, 6.07) is 23.4. The second-order valence-corrected chi connectivity index (χ2v) is 6.24. The van der Waals surface area contributed by atoms with Gasteiger partial charge in [0.25, 0.3) is 0 Å². The SMILES string of the molecule is O=C1Nc2cc(-c3ccccc3)ccc2C1C=Nc1cccc(CO)c1. The first-order valence-electron chi connectivity index (χ1n) is 8.49. The number of anilines is 1. The van der Waals surface area contributed by atoms with E-state index >= 15 is 0 Å². The number of hydrogen-bond acceptors (Lipinski definition) is 3. The predicted molar refractivity (Wildman–Crippen MR) is 104 cm³/mol. The Hall–Kier alpha value is -3.24. The van der Waals surface area contributed by atoms with Gasteiger partial charge in [-0.15, -0.1) is 0 Å². The van der Waals surface area contributed by atoms with Gasteiger partial charge in [-0.2, -0.15) is 0 Å². The third kappa shape index (κ3) is 3.15. The molecule has 0 saturated heterocycles. The van der Waals surface area contributed by atoms with Gasteiger partial charge in [-0.1, -0.05) is 54.6 Å². The first-order valence-corrected chi connectivity index (χ1v) is 8.49. The molecular formula is C22H18N2O2. The number of benzene rings is 3. The van der Waals surface area contributed by atoms with Crippen molar-refractivity contribution in [3.8, 4) is 11.1 Å². The Morgan fingerprint density at radius 2 is 1.81 bits per heavy atom. The normalized spacial score (nSPS) is 15.9. The van der Waals surface area contributed by atoms with Gasteiger partial charge in [-0.3, -0.25) is 9.79 Å². The summed E-state index contributed by atoms with van der Waals surface area (Å²) in [7, 11) is 0. The number of aliphatic imine (C=N–C) groups is 1. The molecule has 0 spiro atoms. The van der Waals surface area contributed by atoms with Crippen molar-refractivity contribution in [3.05, 3.63) is 83.9 Å². The van der Waals surface area contributed by atoms with Crippen LogP contribution in [0.4, 0.5) is 11.4 Å². The second-order valence-electron chi connectivity index (χ2n) is 6.24. The highest BCUT2D eigenvalue weighted by Gasteiger charge is 2.29. The van der Waals surface area contributed by atoms with Crippen molar-refractivity contribution in [3.63, 3.8) is 0 Å². The molecule has 4 rings (SSSR count). The van der Waals surface area contributed by atoms with Crippen molar-refractivity contribution in [2.24, 2.45) is 4.99 Å². The Bertz CT molecular complexity index is 980. The van der Waals surface area contributed by atoms with Crippen LogP contribution in [0.2, 0.25) is 0 Å². The molecule has 0 fully saturated rings. The summed E-state index contributed by atoms with van der Waals surface area (Å²) in [6.07, 6.45) is 1.67. The molecule has 26 heavy (non-hydrogen) atoms. The fourth-order valence-corrected chi connectivity index (χ4v) is 3.14. The predicted octanol–water partition coefficient (Wildman–Crippen LogP) is 4.28. The minimum Gasteiger partial charge on any atom is -0.392 e. The van der Waals surface area contributed by atoms with Crippen molar-refractivity contribution in [1.29, 1.82) is 0 Å². The molecular weight excluding hydrogens is 324 g/mol. The van der Waals surface area contributed by atoms with Crippen LogP contribution in [0.25, 0.3) is 11.1 Å². The number of aliphatic hydroxyl groups excluding tert-OH is 1. The van der Waals surface area contributed by atoms with Crippen molar-refractivity contribution in [2.75, 3.05) is 5.32 Å². The Kier molecular flexibility index (Phi) is 4.33. The summed E-state index contributed by atoms with van der Waals surface area (Å²) in [5, 5.41) is 12.2. The lowest BCUT2D eigenvalue weighted by molar-refractivity contribution is -0.115. The molecule has 0 bridgehead atoms. The van der Waals surface area contributed by atoms with E-state index in [0.717, 1.165) is 33.6 Å².